The lowest BCUT2D eigenvalue weighted by molar-refractivity contribution is -0.113. The van der Waals surface area contributed by atoms with Crippen LogP contribution < -0.4 is 15.4 Å². The SMILES string of the molecule is COc1ccc(NC(=O)C2=C(C)Nc3ncnn3C2c2cccc3ccccc23)cc1. The van der Waals surface area contributed by atoms with Crippen molar-refractivity contribution >= 4 is 28.3 Å². The van der Waals surface area contributed by atoms with Gasteiger partial charge in [-0.1, -0.05) is 42.5 Å². The van der Waals surface area contributed by atoms with Crippen molar-refractivity contribution in [3.05, 3.63) is 89.9 Å². The van der Waals surface area contributed by atoms with Crippen molar-refractivity contribution in [3.63, 3.8) is 0 Å². The molecule has 0 bridgehead atoms. The number of nitrogens with zero attached hydrogens (tertiary/aromatic N) is 3. The number of anilines is 2. The first kappa shape index (κ1) is 18.9. The maximum Gasteiger partial charge on any atom is 0.255 e. The van der Waals surface area contributed by atoms with E-state index in [2.05, 4.69) is 38.9 Å². The predicted molar refractivity (Wildman–Crippen MR) is 120 cm³/mol. The molecule has 0 saturated carbocycles. The van der Waals surface area contributed by atoms with E-state index in [9.17, 15) is 4.79 Å². The molecule has 7 nitrogen and oxygen atoms in total. The lowest BCUT2D eigenvalue weighted by Gasteiger charge is -2.29. The molecule has 0 spiro atoms. The highest BCUT2D eigenvalue weighted by Crippen LogP contribution is 2.38. The van der Waals surface area contributed by atoms with Crippen molar-refractivity contribution in [2.45, 2.75) is 13.0 Å². The molecule has 1 aliphatic rings. The summed E-state index contributed by atoms with van der Waals surface area (Å²) in [6.07, 6.45) is 1.50. The first-order chi connectivity index (χ1) is 15.2. The van der Waals surface area contributed by atoms with Gasteiger partial charge in [-0.3, -0.25) is 4.79 Å². The van der Waals surface area contributed by atoms with E-state index in [1.807, 2.05) is 55.5 Å². The zero-order valence-corrected chi connectivity index (χ0v) is 17.2. The summed E-state index contributed by atoms with van der Waals surface area (Å²) in [5, 5.41) is 12.8. The quantitative estimate of drug-likeness (QED) is 0.521. The fourth-order valence-corrected chi connectivity index (χ4v) is 4.03. The normalized spacial score (nSPS) is 15.4. The Hall–Kier alpha value is -4.13. The van der Waals surface area contributed by atoms with Crippen LogP contribution in [0.5, 0.6) is 5.75 Å². The molecule has 5 rings (SSSR count). The lowest BCUT2D eigenvalue weighted by atomic mass is 9.91. The molecule has 2 heterocycles. The van der Waals surface area contributed by atoms with E-state index in [0.717, 1.165) is 27.8 Å². The van der Waals surface area contributed by atoms with Gasteiger partial charge in [0.2, 0.25) is 5.95 Å². The molecule has 31 heavy (non-hydrogen) atoms. The largest absolute Gasteiger partial charge is 0.497 e. The fourth-order valence-electron chi connectivity index (χ4n) is 4.03. The van der Waals surface area contributed by atoms with Gasteiger partial charge in [0, 0.05) is 11.4 Å². The topological polar surface area (TPSA) is 81.1 Å². The van der Waals surface area contributed by atoms with Crippen molar-refractivity contribution in [1.29, 1.82) is 0 Å². The van der Waals surface area contributed by atoms with E-state index in [1.165, 1.54) is 6.33 Å². The molecule has 7 heteroatoms. The minimum absolute atomic E-state index is 0.200. The highest BCUT2D eigenvalue weighted by atomic mass is 16.5. The second kappa shape index (κ2) is 7.60. The molecule has 3 aromatic carbocycles. The first-order valence-corrected chi connectivity index (χ1v) is 9.96. The molecule has 1 amide bonds. The van der Waals surface area contributed by atoms with Crippen LogP contribution in [0, 0.1) is 0 Å². The summed E-state index contributed by atoms with van der Waals surface area (Å²) in [4.78, 5) is 17.8. The standard InChI is InChI=1S/C24H21N5O2/c1-15-21(23(30)28-17-10-12-18(31-2)13-11-17)22(29-24(27-15)25-14-26-29)20-9-5-7-16-6-3-4-8-19(16)20/h3-14,22H,1-2H3,(H,28,30)(H,25,26,27). The molecule has 0 aliphatic carbocycles. The molecular weight excluding hydrogens is 390 g/mol. The third-order valence-electron chi connectivity index (χ3n) is 5.50. The van der Waals surface area contributed by atoms with Crippen LogP contribution in [0.25, 0.3) is 10.8 Å². The highest BCUT2D eigenvalue weighted by Gasteiger charge is 2.34. The molecule has 154 valence electrons. The second-order valence-corrected chi connectivity index (χ2v) is 7.35. The third kappa shape index (κ3) is 3.30. The summed E-state index contributed by atoms with van der Waals surface area (Å²) in [5.41, 5.74) is 3.01. The number of methoxy groups -OCH3 is 1. The van der Waals surface area contributed by atoms with Gasteiger partial charge in [-0.15, -0.1) is 0 Å². The van der Waals surface area contributed by atoms with E-state index in [4.69, 9.17) is 4.74 Å². The van der Waals surface area contributed by atoms with Crippen LogP contribution in [0.2, 0.25) is 0 Å². The zero-order chi connectivity index (χ0) is 21.4. The summed E-state index contributed by atoms with van der Waals surface area (Å²) in [5.74, 6) is 1.14. The van der Waals surface area contributed by atoms with Gasteiger partial charge in [0.25, 0.3) is 5.91 Å². The first-order valence-electron chi connectivity index (χ1n) is 9.96. The van der Waals surface area contributed by atoms with Crippen LogP contribution in [0.4, 0.5) is 11.6 Å². The minimum Gasteiger partial charge on any atom is -0.497 e. The molecule has 1 atom stereocenters. The molecule has 0 fully saturated rings. The number of allylic oxidation sites excluding steroid dienone is 1. The highest BCUT2D eigenvalue weighted by molar-refractivity contribution is 6.06. The van der Waals surface area contributed by atoms with Gasteiger partial charge in [0.15, 0.2) is 0 Å². The maximum absolute atomic E-state index is 13.5. The van der Waals surface area contributed by atoms with Crippen molar-refractivity contribution in [2.24, 2.45) is 0 Å². The van der Waals surface area contributed by atoms with Gasteiger partial charge in [0.05, 0.1) is 12.7 Å². The lowest BCUT2D eigenvalue weighted by Crippen LogP contribution is -2.31. The van der Waals surface area contributed by atoms with Gasteiger partial charge in [0.1, 0.15) is 18.1 Å². The van der Waals surface area contributed by atoms with Crippen molar-refractivity contribution in [1.82, 2.24) is 14.8 Å². The Morgan fingerprint density at radius 1 is 1.06 bits per heavy atom. The van der Waals surface area contributed by atoms with E-state index in [-0.39, 0.29) is 5.91 Å². The van der Waals surface area contributed by atoms with Gasteiger partial charge in [-0.25, -0.2) is 4.68 Å². The van der Waals surface area contributed by atoms with Gasteiger partial charge in [-0.2, -0.15) is 10.1 Å². The smallest absolute Gasteiger partial charge is 0.255 e. The number of carbonyl (C=O) groups excluding carboxylic acids is 1. The van der Waals surface area contributed by atoms with Crippen molar-refractivity contribution in [3.8, 4) is 5.75 Å². The molecule has 4 aromatic rings. The average Bonchev–Trinajstić information content (AvgIpc) is 3.26. The van der Waals surface area contributed by atoms with Gasteiger partial charge >= 0.3 is 0 Å². The number of benzene rings is 3. The number of fused-ring (bicyclic) bond motifs is 2. The average molecular weight is 411 g/mol. The number of carbonyl (C=O) groups is 1. The Balaban J connectivity index is 1.61. The molecule has 0 saturated heterocycles. The predicted octanol–water partition coefficient (Wildman–Crippen LogP) is 4.37. The van der Waals surface area contributed by atoms with Crippen molar-refractivity contribution < 1.29 is 9.53 Å². The minimum atomic E-state index is -0.414. The number of rotatable bonds is 4. The van der Waals surface area contributed by atoms with Crippen LogP contribution in [0.1, 0.15) is 18.5 Å². The van der Waals surface area contributed by atoms with Crippen LogP contribution >= 0.6 is 0 Å². The number of nitrogens with one attached hydrogen (secondary N) is 2. The van der Waals surface area contributed by atoms with Gasteiger partial charge in [-0.05, 0) is 47.5 Å². The van der Waals surface area contributed by atoms with Crippen LogP contribution in [-0.4, -0.2) is 27.8 Å². The van der Waals surface area contributed by atoms with Crippen LogP contribution in [0.3, 0.4) is 0 Å². The summed E-state index contributed by atoms with van der Waals surface area (Å²) in [6.45, 7) is 1.89. The maximum atomic E-state index is 13.5. The van der Waals surface area contributed by atoms with E-state index in [0.29, 0.717) is 17.2 Å². The number of ether oxygens (including phenoxy) is 1. The van der Waals surface area contributed by atoms with Crippen LogP contribution in [-0.2, 0) is 4.79 Å². The second-order valence-electron chi connectivity index (χ2n) is 7.35. The van der Waals surface area contributed by atoms with E-state index in [1.54, 1.807) is 11.8 Å². The Morgan fingerprint density at radius 2 is 1.84 bits per heavy atom. The molecule has 1 unspecified atom stereocenters. The number of amides is 1. The summed E-state index contributed by atoms with van der Waals surface area (Å²) in [6, 6.07) is 21.1. The molecule has 1 aromatic heterocycles. The molecule has 1 aliphatic heterocycles. The van der Waals surface area contributed by atoms with Crippen LogP contribution in [0.15, 0.2) is 84.3 Å². The number of hydrogen-bond acceptors (Lipinski definition) is 5. The Bertz CT molecular complexity index is 1300. The number of aromatic nitrogens is 3. The van der Waals surface area contributed by atoms with E-state index >= 15 is 0 Å². The number of hydrogen-bond donors (Lipinski definition) is 2. The fraction of sp³-hybridized carbons (Fsp3) is 0.125. The summed E-state index contributed by atoms with van der Waals surface area (Å²) < 4.78 is 6.96. The Kier molecular flexibility index (Phi) is 4.63. The Labute approximate surface area is 179 Å². The summed E-state index contributed by atoms with van der Waals surface area (Å²) in [7, 11) is 1.61. The van der Waals surface area contributed by atoms with Gasteiger partial charge < -0.3 is 15.4 Å². The molecule has 0 radical (unpaired) electrons. The Morgan fingerprint density at radius 3 is 2.65 bits per heavy atom. The molecule has 2 N–H and O–H groups in total. The molecular formula is C24H21N5O2. The monoisotopic (exact) mass is 411 g/mol. The van der Waals surface area contributed by atoms with E-state index < -0.39 is 6.04 Å². The van der Waals surface area contributed by atoms with Crippen molar-refractivity contribution in [2.75, 3.05) is 17.7 Å². The zero-order valence-electron chi connectivity index (χ0n) is 17.2. The summed E-state index contributed by atoms with van der Waals surface area (Å²) >= 11 is 0. The third-order valence-corrected chi connectivity index (χ3v) is 5.50.